The number of fused-ring (bicyclic) bond motifs is 1. The van der Waals surface area contributed by atoms with Crippen LogP contribution in [0.4, 0.5) is 15.8 Å². The Labute approximate surface area is 201 Å². The Balaban J connectivity index is 1.33. The molecule has 6 nitrogen and oxygen atoms in total. The number of rotatable bonds is 5. The highest BCUT2D eigenvalue weighted by Crippen LogP contribution is 2.44. The van der Waals surface area contributed by atoms with Gasteiger partial charge in [-0.3, -0.25) is 4.79 Å². The quantitative estimate of drug-likeness (QED) is 0.676. The van der Waals surface area contributed by atoms with Crippen LogP contribution in [0.5, 0.6) is 11.5 Å². The highest BCUT2D eigenvalue weighted by atomic mass is 19.1. The summed E-state index contributed by atoms with van der Waals surface area (Å²) >= 11 is 0. The van der Waals surface area contributed by atoms with E-state index in [0.29, 0.717) is 28.9 Å². The molecule has 0 bridgehead atoms. The summed E-state index contributed by atoms with van der Waals surface area (Å²) in [6, 6.07) is 11.4. The first kappa shape index (κ1) is 23.0. The van der Waals surface area contributed by atoms with E-state index in [1.807, 2.05) is 24.3 Å². The lowest BCUT2D eigenvalue weighted by Gasteiger charge is -2.37. The third-order valence-electron chi connectivity index (χ3n) is 7.81. The first-order chi connectivity index (χ1) is 16.5. The zero-order chi connectivity index (χ0) is 23.7. The van der Waals surface area contributed by atoms with E-state index in [9.17, 15) is 4.79 Å². The molecular weight excluding hydrogens is 433 g/mol. The number of hydrogen-bond acceptors (Lipinski definition) is 5. The Hall–Kier alpha value is -2.80. The highest BCUT2D eigenvalue weighted by molar-refractivity contribution is 5.99. The third-order valence-corrected chi connectivity index (χ3v) is 7.81. The van der Waals surface area contributed by atoms with Crippen molar-refractivity contribution in [1.82, 2.24) is 4.90 Å². The number of nitrogens with zero attached hydrogens (tertiary/aromatic N) is 2. The van der Waals surface area contributed by atoms with Crippen molar-refractivity contribution in [1.29, 1.82) is 0 Å². The molecule has 0 aromatic heterocycles. The minimum Gasteiger partial charge on any atom is -0.454 e. The Bertz CT molecular complexity index is 1040. The Kier molecular flexibility index (Phi) is 6.38. The van der Waals surface area contributed by atoms with Crippen molar-refractivity contribution in [3.05, 3.63) is 47.8 Å². The van der Waals surface area contributed by atoms with Crippen molar-refractivity contribution in [2.75, 3.05) is 44.2 Å². The Morgan fingerprint density at radius 2 is 1.76 bits per heavy atom. The highest BCUT2D eigenvalue weighted by Gasteiger charge is 2.42. The molecule has 5 rings (SSSR count). The van der Waals surface area contributed by atoms with Crippen molar-refractivity contribution in [2.24, 2.45) is 0 Å². The summed E-state index contributed by atoms with van der Waals surface area (Å²) in [5.74, 6) is 1.03. The van der Waals surface area contributed by atoms with Gasteiger partial charge in [-0.15, -0.1) is 0 Å². The molecule has 1 N–H and O–H groups in total. The molecule has 1 saturated heterocycles. The predicted octanol–water partition coefficient (Wildman–Crippen LogP) is 4.93. The zero-order valence-electron chi connectivity index (χ0n) is 20.1. The Morgan fingerprint density at radius 3 is 2.47 bits per heavy atom. The fraction of sp³-hybridized carbons (Fsp3) is 0.519. The molecule has 0 atom stereocenters. The zero-order valence-corrected chi connectivity index (χ0v) is 20.1. The van der Waals surface area contributed by atoms with Gasteiger partial charge in [-0.05, 0) is 75.7 Å². The summed E-state index contributed by atoms with van der Waals surface area (Å²) in [6.45, 7) is 1.87. The van der Waals surface area contributed by atoms with E-state index in [0.717, 1.165) is 63.6 Å². The van der Waals surface area contributed by atoms with E-state index < -0.39 is 5.41 Å². The van der Waals surface area contributed by atoms with Crippen LogP contribution in [0.15, 0.2) is 36.4 Å². The summed E-state index contributed by atoms with van der Waals surface area (Å²) in [5.41, 5.74) is 1.40. The molecule has 0 unspecified atom stereocenters. The third kappa shape index (κ3) is 4.33. The lowest BCUT2D eigenvalue weighted by Crippen LogP contribution is -2.42. The fourth-order valence-electron chi connectivity index (χ4n) is 5.71. The van der Waals surface area contributed by atoms with E-state index in [-0.39, 0.29) is 18.5 Å². The molecular formula is C27H34FN3O3. The average Bonchev–Trinajstić information content (AvgIpc) is 3.33. The van der Waals surface area contributed by atoms with Crippen molar-refractivity contribution in [3.63, 3.8) is 0 Å². The molecule has 1 saturated carbocycles. The van der Waals surface area contributed by atoms with Gasteiger partial charge < -0.3 is 24.6 Å². The maximum Gasteiger partial charge on any atom is 0.235 e. The van der Waals surface area contributed by atoms with Crippen LogP contribution >= 0.6 is 0 Å². The van der Waals surface area contributed by atoms with Gasteiger partial charge in [-0.25, -0.2) is 4.39 Å². The number of halogens is 1. The van der Waals surface area contributed by atoms with Gasteiger partial charge in [0.25, 0.3) is 0 Å². The van der Waals surface area contributed by atoms with Gasteiger partial charge in [0.2, 0.25) is 12.7 Å². The minimum atomic E-state index is -0.650. The fourth-order valence-corrected chi connectivity index (χ4v) is 5.71. The molecule has 1 aliphatic carbocycles. The number of hydrogen-bond donors (Lipinski definition) is 1. The Morgan fingerprint density at radius 1 is 1.03 bits per heavy atom. The summed E-state index contributed by atoms with van der Waals surface area (Å²) in [5, 5.41) is 3.04. The van der Waals surface area contributed by atoms with E-state index >= 15 is 4.39 Å². The second-order valence-corrected chi connectivity index (χ2v) is 10.0. The van der Waals surface area contributed by atoms with E-state index in [1.165, 1.54) is 6.07 Å². The van der Waals surface area contributed by atoms with Gasteiger partial charge >= 0.3 is 0 Å². The molecule has 2 fully saturated rings. The number of nitrogens with one attached hydrogen (secondary N) is 1. The second kappa shape index (κ2) is 9.45. The van der Waals surface area contributed by atoms with Crippen LogP contribution in [0.2, 0.25) is 0 Å². The molecule has 2 heterocycles. The summed E-state index contributed by atoms with van der Waals surface area (Å²) < 4.78 is 26.1. The number of ether oxygens (including phenoxy) is 2. The lowest BCUT2D eigenvalue weighted by atomic mass is 9.68. The lowest BCUT2D eigenvalue weighted by molar-refractivity contribution is -0.122. The van der Waals surface area contributed by atoms with Crippen molar-refractivity contribution in [3.8, 4) is 11.5 Å². The minimum absolute atomic E-state index is 0.0787. The first-order valence-corrected chi connectivity index (χ1v) is 12.4. The number of carbonyl (C=O) groups excluding carboxylic acids is 1. The monoisotopic (exact) mass is 467 g/mol. The van der Waals surface area contributed by atoms with Crippen LogP contribution < -0.4 is 19.7 Å². The van der Waals surface area contributed by atoms with Crippen molar-refractivity contribution < 1.29 is 18.7 Å². The van der Waals surface area contributed by atoms with Crippen LogP contribution in [0.3, 0.4) is 0 Å². The van der Waals surface area contributed by atoms with Gasteiger partial charge in [0.15, 0.2) is 11.5 Å². The first-order valence-electron chi connectivity index (χ1n) is 12.4. The SMILES string of the molecule is CN(C)C1CCN(c2ccc(NC(=O)C3(c4ccc5c(c4)OCO5)CCCCC3)cc2F)CC1. The summed E-state index contributed by atoms with van der Waals surface area (Å²) in [6.07, 6.45) is 6.65. The topological polar surface area (TPSA) is 54.0 Å². The summed E-state index contributed by atoms with van der Waals surface area (Å²) in [7, 11) is 4.20. The number of amides is 1. The van der Waals surface area contributed by atoms with Crippen LogP contribution in [0, 0.1) is 5.82 Å². The average molecular weight is 468 g/mol. The van der Waals surface area contributed by atoms with Crippen LogP contribution in [-0.4, -0.2) is 50.8 Å². The van der Waals surface area contributed by atoms with Crippen molar-refractivity contribution in [2.45, 2.75) is 56.4 Å². The molecule has 1 amide bonds. The molecule has 2 aliphatic heterocycles. The van der Waals surface area contributed by atoms with Gasteiger partial charge in [0, 0.05) is 24.8 Å². The van der Waals surface area contributed by atoms with Crippen LogP contribution in [0.1, 0.15) is 50.5 Å². The van der Waals surface area contributed by atoms with Gasteiger partial charge in [-0.1, -0.05) is 25.3 Å². The standard InChI is InChI=1S/C27H34FN3O3/c1-30(2)21-10-14-31(15-11-21)23-8-7-20(17-22(23)28)29-26(32)27(12-4-3-5-13-27)19-6-9-24-25(16-19)34-18-33-24/h6-9,16-17,21H,3-5,10-15,18H2,1-2H3,(H,29,32). The van der Waals surface area contributed by atoms with Gasteiger partial charge in [0.05, 0.1) is 11.1 Å². The molecule has 34 heavy (non-hydrogen) atoms. The molecule has 2 aromatic rings. The van der Waals surface area contributed by atoms with Crippen molar-refractivity contribution >= 4 is 17.3 Å². The maximum atomic E-state index is 15.1. The maximum absolute atomic E-state index is 15.1. The number of anilines is 2. The van der Waals surface area contributed by atoms with Crippen LogP contribution in [0.25, 0.3) is 0 Å². The largest absolute Gasteiger partial charge is 0.454 e. The molecule has 0 radical (unpaired) electrons. The van der Waals surface area contributed by atoms with Gasteiger partial charge in [0.1, 0.15) is 5.82 Å². The molecule has 0 spiro atoms. The summed E-state index contributed by atoms with van der Waals surface area (Å²) in [4.78, 5) is 18.0. The van der Waals surface area contributed by atoms with E-state index in [4.69, 9.17) is 9.47 Å². The number of carbonyl (C=O) groups is 1. The molecule has 7 heteroatoms. The second-order valence-electron chi connectivity index (χ2n) is 10.0. The molecule has 182 valence electrons. The number of benzene rings is 2. The molecule has 2 aromatic carbocycles. The normalized spacial score (nSPS) is 19.9. The predicted molar refractivity (Wildman–Crippen MR) is 131 cm³/mol. The number of piperidine rings is 1. The van der Waals surface area contributed by atoms with E-state index in [2.05, 4.69) is 29.2 Å². The van der Waals surface area contributed by atoms with E-state index in [1.54, 1.807) is 6.07 Å². The van der Waals surface area contributed by atoms with Crippen LogP contribution in [-0.2, 0) is 10.2 Å². The smallest absolute Gasteiger partial charge is 0.235 e. The molecule has 3 aliphatic rings. The van der Waals surface area contributed by atoms with Gasteiger partial charge in [-0.2, -0.15) is 0 Å².